The van der Waals surface area contributed by atoms with Crippen LogP contribution in [0.1, 0.15) is 102 Å². The third-order valence-electron chi connectivity index (χ3n) is 16.6. The van der Waals surface area contributed by atoms with Crippen LogP contribution in [0.2, 0.25) is 0 Å². The van der Waals surface area contributed by atoms with Gasteiger partial charge in [-0.2, -0.15) is 15.2 Å². The average molecular weight is 1620 g/mol. The van der Waals surface area contributed by atoms with Gasteiger partial charge in [0.15, 0.2) is 11.6 Å². The monoisotopic (exact) mass is 1610 g/mol. The molecule has 4 atom stereocenters. The molecule has 0 spiro atoms. The Morgan fingerprint density at radius 2 is 0.676 bits per heavy atom. The van der Waals surface area contributed by atoms with E-state index in [1.807, 2.05) is 164 Å². The first kappa shape index (κ1) is 89.6. The summed E-state index contributed by atoms with van der Waals surface area (Å²) in [5, 5.41) is 78.4. The molecule has 0 bridgehead atoms. The fraction of sp³-hybridized carbons (Fsp3) is 0.250. The zero-order chi connectivity index (χ0) is 79.4. The highest BCUT2D eigenvalue weighted by atomic mass is 32.1. The molecule has 0 saturated heterocycles. The lowest BCUT2D eigenvalue weighted by atomic mass is 10.1. The minimum absolute atomic E-state index is 0.0552. The zero-order valence-corrected chi connectivity index (χ0v) is 68.2. The van der Waals surface area contributed by atoms with Crippen molar-refractivity contribution in [3.05, 3.63) is 316 Å². The minimum atomic E-state index is -0.445. The number of carbonyl (C=O) groups excluding carboxylic acids is 2. The number of hydroxylamine groups is 6. The Hall–Kier alpha value is -8.64. The summed E-state index contributed by atoms with van der Waals surface area (Å²) >= 11 is 9.51. The molecule has 0 radical (unpaired) electrons. The van der Waals surface area contributed by atoms with E-state index in [9.17, 15) is 33.8 Å². The molecule has 8 N–H and O–H groups in total. The summed E-state index contributed by atoms with van der Waals surface area (Å²) in [5.41, 5.74) is 0. The molecule has 14 rings (SSSR count). The lowest BCUT2D eigenvalue weighted by Gasteiger charge is -2.20. The van der Waals surface area contributed by atoms with Crippen LogP contribution in [0.3, 0.4) is 0 Å². The van der Waals surface area contributed by atoms with E-state index in [0.29, 0.717) is 49.7 Å². The number of ether oxygens (including phenoxy) is 2. The number of hydrogen-bond donors (Lipinski definition) is 8. The predicted octanol–water partition coefficient (Wildman–Crippen LogP) is 21.4. The molecule has 0 amide bonds. The van der Waals surface area contributed by atoms with Gasteiger partial charge < -0.3 is 51.3 Å². The van der Waals surface area contributed by atoms with Gasteiger partial charge in [-0.05, 0) is 162 Å². The van der Waals surface area contributed by atoms with Gasteiger partial charge in [0.25, 0.3) is 0 Å². The van der Waals surface area contributed by atoms with E-state index >= 15 is 0 Å². The summed E-state index contributed by atoms with van der Waals surface area (Å²) < 4.78 is 38.6. The average Bonchev–Trinajstić information content (AvgIpc) is 1.20. The number of benzene rings is 8. The Balaban J connectivity index is 0.000000180. The number of carbonyl (C=O) groups is 2. The topological polar surface area (TPSA) is 200 Å². The largest absolute Gasteiger partial charge is 0.484 e. The molecular formula is C88H100F2N6O9S6. The normalized spacial score (nSPS) is 11.8. The molecule has 586 valence electrons. The molecule has 14 aromatic rings. The van der Waals surface area contributed by atoms with Crippen molar-refractivity contribution in [3.8, 4) is 11.5 Å². The summed E-state index contributed by atoms with van der Waals surface area (Å²) in [5.74, 6) is 1.87. The zero-order valence-electron chi connectivity index (χ0n) is 63.3. The van der Waals surface area contributed by atoms with Gasteiger partial charge in [0, 0.05) is 114 Å². The van der Waals surface area contributed by atoms with Crippen molar-refractivity contribution in [2.45, 2.75) is 62.9 Å². The highest BCUT2D eigenvalue weighted by molar-refractivity contribution is 7.12. The number of halogens is 2. The highest BCUT2D eigenvalue weighted by Gasteiger charge is 2.19. The van der Waals surface area contributed by atoms with Crippen LogP contribution < -0.4 is 25.4 Å². The number of rotatable bonds is 28. The van der Waals surface area contributed by atoms with Crippen LogP contribution >= 0.6 is 68.0 Å². The molecule has 0 aliphatic rings. The first-order chi connectivity index (χ1) is 54.0. The molecular weight excluding hydrogens is 1520 g/mol. The number of fused-ring (bicyclic) bond motifs is 4. The number of nitrogens with one attached hydrogen (secondary N) is 3. The highest BCUT2D eigenvalue weighted by Crippen LogP contribution is 2.35. The molecule has 0 aliphatic heterocycles. The van der Waals surface area contributed by atoms with Crippen molar-refractivity contribution in [1.82, 2.24) is 31.1 Å². The van der Waals surface area contributed by atoms with Gasteiger partial charge in [0.05, 0.1) is 22.0 Å². The number of aliphatic hydroxyl groups excluding tert-OH is 2. The van der Waals surface area contributed by atoms with Gasteiger partial charge in [-0.3, -0.25) is 9.59 Å². The van der Waals surface area contributed by atoms with Crippen LogP contribution in [0.4, 0.5) is 8.78 Å². The summed E-state index contributed by atoms with van der Waals surface area (Å²) in [6, 6.07) is 77.4. The van der Waals surface area contributed by atoms with Gasteiger partial charge >= 0.3 is 0 Å². The Kier molecular flexibility index (Phi) is 41.2. The van der Waals surface area contributed by atoms with Crippen molar-refractivity contribution < 1.29 is 53.7 Å². The molecule has 15 nitrogen and oxygen atoms in total. The van der Waals surface area contributed by atoms with Crippen molar-refractivity contribution in [2.24, 2.45) is 0 Å². The first-order valence-electron chi connectivity index (χ1n) is 36.3. The summed E-state index contributed by atoms with van der Waals surface area (Å²) in [6.07, 6.45) is 3.32. The van der Waals surface area contributed by atoms with Gasteiger partial charge in [-0.1, -0.05) is 182 Å². The summed E-state index contributed by atoms with van der Waals surface area (Å²) in [6.45, 7) is 3.99. The summed E-state index contributed by atoms with van der Waals surface area (Å²) in [4.78, 5) is 28.6. The molecule has 0 saturated carbocycles. The Morgan fingerprint density at radius 3 is 1.05 bits per heavy atom. The van der Waals surface area contributed by atoms with Crippen molar-refractivity contribution in [2.75, 3.05) is 81.6 Å². The maximum absolute atomic E-state index is 13.0. The smallest absolute Gasteiger partial charge is 0.174 e. The maximum Gasteiger partial charge on any atom is 0.174 e. The van der Waals surface area contributed by atoms with Crippen LogP contribution in [0.15, 0.2) is 275 Å². The van der Waals surface area contributed by atoms with Gasteiger partial charge in [0.2, 0.25) is 0 Å². The number of Topliss-reactive ketones (excluding diaryl/α,β-unsaturated/α-hetero) is 2. The van der Waals surface area contributed by atoms with Gasteiger partial charge in [-0.25, -0.2) is 8.78 Å². The van der Waals surface area contributed by atoms with Crippen LogP contribution in [-0.4, -0.2) is 134 Å². The van der Waals surface area contributed by atoms with Crippen molar-refractivity contribution in [1.29, 1.82) is 0 Å². The number of thiophene rings is 6. The van der Waals surface area contributed by atoms with E-state index in [1.165, 1.54) is 84.2 Å². The summed E-state index contributed by atoms with van der Waals surface area (Å²) in [7, 11) is 10.5. The van der Waals surface area contributed by atoms with E-state index in [-0.39, 0.29) is 41.5 Å². The van der Waals surface area contributed by atoms with Gasteiger partial charge in [0.1, 0.15) is 35.3 Å². The fourth-order valence-corrected chi connectivity index (χ4v) is 15.2. The second kappa shape index (κ2) is 51.1. The molecule has 6 heterocycles. The quantitative estimate of drug-likeness (QED) is 0.0170. The number of aliphatic hydroxyl groups is 2. The molecule has 4 unspecified atom stereocenters. The van der Waals surface area contributed by atoms with Crippen molar-refractivity contribution in [3.63, 3.8) is 0 Å². The molecule has 8 aromatic carbocycles. The van der Waals surface area contributed by atoms with Crippen LogP contribution in [0.5, 0.6) is 11.5 Å². The van der Waals surface area contributed by atoms with E-state index < -0.39 is 6.10 Å². The second-order valence-electron chi connectivity index (χ2n) is 25.1. The van der Waals surface area contributed by atoms with Crippen LogP contribution in [0, 0.1) is 11.6 Å². The van der Waals surface area contributed by atoms with Crippen molar-refractivity contribution >= 4 is 123 Å². The van der Waals surface area contributed by atoms with E-state index in [1.54, 1.807) is 78.4 Å². The van der Waals surface area contributed by atoms with Crippen LogP contribution in [-0.2, 0) is 0 Å². The molecule has 0 aliphatic carbocycles. The molecule has 111 heavy (non-hydrogen) atoms. The van der Waals surface area contributed by atoms with E-state index in [0.717, 1.165) is 96.2 Å². The number of nitrogens with zero attached hydrogens (tertiary/aromatic N) is 3. The standard InChI is InChI=1S/C18H19NO2S.C18H19NOS.2C10H7F.C8H13NO2S.C8H11NO2S.C8H13NOS.C8H11NOS/c1-19(20)12-11-17(18-10-5-13-22-18)21-16-9-4-7-14-6-2-3-8-15(14)16;1-19-12-11-17(18-10-5-13-21-18)20-16-9-4-7-14-6-2-3-8-15(14)16;2*11-10-7-3-5-8-4-1-2-6-9(8)10;2*1-9(11)5-4-7(10)8-3-2-6-12-8;2*1-9-5-4-7(10)8-3-2-6-11-8/h2-10,13,17,20H,11-12H2,1H3;2-10,13,17,19H,11-12H2,1H3;2*1-7H;2-3,6-7,10-11H,4-5H2,1H3;2-3,6,11H,4-5H2,1H3;2-3,6-7,9-10H,4-5H2,1H3;2-3,6,9H,4-5H2,1H3. The minimum Gasteiger partial charge on any atom is -0.484 e. The van der Waals surface area contributed by atoms with E-state index in [2.05, 4.69) is 106 Å². The third-order valence-corrected chi connectivity index (χ3v) is 22.3. The third kappa shape index (κ3) is 32.2. The first-order valence-corrected chi connectivity index (χ1v) is 41.6. The van der Waals surface area contributed by atoms with E-state index in [4.69, 9.17) is 19.9 Å². The fourth-order valence-electron chi connectivity index (χ4n) is 10.8. The predicted molar refractivity (Wildman–Crippen MR) is 460 cm³/mol. The molecule has 6 aromatic heterocycles. The van der Waals surface area contributed by atoms with Crippen LogP contribution in [0.25, 0.3) is 43.1 Å². The number of hydrogen-bond acceptors (Lipinski definition) is 21. The lowest BCUT2D eigenvalue weighted by Crippen LogP contribution is -2.18. The van der Waals surface area contributed by atoms with Gasteiger partial charge in [-0.15, -0.1) is 68.0 Å². The maximum atomic E-state index is 13.0. The molecule has 0 fully saturated rings. The second-order valence-corrected chi connectivity index (χ2v) is 30.9. The molecule has 23 heteroatoms. The Labute approximate surface area is 674 Å². The Morgan fingerprint density at radius 1 is 0.351 bits per heavy atom. The SMILES string of the molecule is CN(O)CCC(=O)c1cccs1.CN(O)CCC(O)c1cccs1.CN(O)CCC(Oc1cccc2ccccc12)c1cccs1.CNCCC(=O)c1cccs1.CNCCC(O)c1cccs1.CNCCC(Oc1cccc2ccccc12)c1cccs1.Fc1cccc2ccccc12.Fc1cccc2ccccc12. The Bertz CT molecular complexity index is 4690. The lowest BCUT2D eigenvalue weighted by molar-refractivity contribution is -0.0721. The number of ketones is 2.